The summed E-state index contributed by atoms with van der Waals surface area (Å²) in [5, 5.41) is 0. The summed E-state index contributed by atoms with van der Waals surface area (Å²) >= 11 is 0. The molecule has 1 aliphatic rings. The molecule has 0 saturated carbocycles. The zero-order valence-electron chi connectivity index (χ0n) is 13.7. The molecule has 0 radical (unpaired) electrons. The Morgan fingerprint density at radius 1 is 1.14 bits per heavy atom. The first kappa shape index (κ1) is 17.4. The number of piperazine rings is 1. The van der Waals surface area contributed by atoms with E-state index in [4.69, 9.17) is 4.74 Å². The molecule has 0 aromatic heterocycles. The maximum absolute atomic E-state index is 12.8. The summed E-state index contributed by atoms with van der Waals surface area (Å²) in [7, 11) is -1.68. The van der Waals surface area contributed by atoms with E-state index in [9.17, 15) is 8.42 Å². The number of ether oxygens (including phenoxy) is 1. The van der Waals surface area contributed by atoms with Crippen molar-refractivity contribution in [1.82, 2.24) is 9.21 Å². The first-order valence-electron chi connectivity index (χ1n) is 7.74. The number of hydrogen-bond donors (Lipinski definition) is 0. The molecule has 0 spiro atoms. The second-order valence-corrected chi connectivity index (χ2v) is 7.77. The Morgan fingerprint density at radius 3 is 2.45 bits per heavy atom. The highest BCUT2D eigenvalue weighted by Crippen LogP contribution is 2.22. The second-order valence-electron chi connectivity index (χ2n) is 5.86. The third-order valence-corrected chi connectivity index (χ3v) is 6.16. The van der Waals surface area contributed by atoms with E-state index in [1.807, 2.05) is 26.0 Å². The van der Waals surface area contributed by atoms with E-state index in [0.29, 0.717) is 18.0 Å². The largest absolute Gasteiger partial charge is 0.385 e. The third-order valence-electron chi connectivity index (χ3n) is 4.12. The number of nitrogens with zero attached hydrogens (tertiary/aromatic N) is 2. The molecule has 0 unspecified atom stereocenters. The van der Waals surface area contributed by atoms with E-state index in [-0.39, 0.29) is 0 Å². The molecule has 1 heterocycles. The van der Waals surface area contributed by atoms with Gasteiger partial charge in [-0.3, -0.25) is 0 Å². The Bertz CT molecular complexity index is 593. The quantitative estimate of drug-likeness (QED) is 0.746. The van der Waals surface area contributed by atoms with Crippen molar-refractivity contribution in [2.45, 2.75) is 25.2 Å². The van der Waals surface area contributed by atoms with Crippen LogP contribution in [-0.4, -0.2) is 64.1 Å². The van der Waals surface area contributed by atoms with E-state index >= 15 is 0 Å². The van der Waals surface area contributed by atoms with Gasteiger partial charge in [-0.15, -0.1) is 0 Å². The Hall–Kier alpha value is -0.950. The Labute approximate surface area is 133 Å². The minimum absolute atomic E-state index is 0.445. The summed E-state index contributed by atoms with van der Waals surface area (Å²) in [6, 6.07) is 5.60. The lowest BCUT2D eigenvalue weighted by Gasteiger charge is -2.34. The molecule has 124 valence electrons. The minimum Gasteiger partial charge on any atom is -0.385 e. The van der Waals surface area contributed by atoms with Gasteiger partial charge in [0, 0.05) is 46.4 Å². The summed E-state index contributed by atoms with van der Waals surface area (Å²) in [4.78, 5) is 2.74. The Morgan fingerprint density at radius 2 is 1.82 bits per heavy atom. The van der Waals surface area contributed by atoms with E-state index in [1.54, 1.807) is 17.5 Å². The van der Waals surface area contributed by atoms with Crippen molar-refractivity contribution in [2.24, 2.45) is 0 Å². The molecule has 1 fully saturated rings. The predicted octanol–water partition coefficient (Wildman–Crippen LogP) is 1.65. The van der Waals surface area contributed by atoms with Crippen LogP contribution >= 0.6 is 0 Å². The predicted molar refractivity (Wildman–Crippen MR) is 87.6 cm³/mol. The molecule has 1 aromatic rings. The van der Waals surface area contributed by atoms with Crippen LogP contribution in [0.5, 0.6) is 0 Å². The molecular weight excluding hydrogens is 300 g/mol. The van der Waals surface area contributed by atoms with E-state index in [1.165, 1.54) is 0 Å². The molecular formula is C16H26N2O3S. The van der Waals surface area contributed by atoms with Gasteiger partial charge in [0.2, 0.25) is 10.0 Å². The molecule has 0 atom stereocenters. The van der Waals surface area contributed by atoms with Gasteiger partial charge in [0.25, 0.3) is 0 Å². The molecule has 0 aliphatic carbocycles. The standard InChI is InChI=1S/C16H26N2O3S/c1-14-5-6-15(2)16(13-14)22(19,20)18-10-8-17(9-11-18)7-4-12-21-3/h5-6,13H,4,7-12H2,1-3H3. The number of benzene rings is 1. The highest BCUT2D eigenvalue weighted by Gasteiger charge is 2.29. The number of aryl methyl sites for hydroxylation is 2. The fourth-order valence-corrected chi connectivity index (χ4v) is 4.48. The maximum Gasteiger partial charge on any atom is 0.243 e. The second kappa shape index (κ2) is 7.55. The molecule has 5 nitrogen and oxygen atoms in total. The van der Waals surface area contributed by atoms with Crippen molar-refractivity contribution in [1.29, 1.82) is 0 Å². The highest BCUT2D eigenvalue weighted by molar-refractivity contribution is 7.89. The lowest BCUT2D eigenvalue weighted by molar-refractivity contribution is 0.149. The van der Waals surface area contributed by atoms with Crippen LogP contribution in [0.2, 0.25) is 0 Å². The van der Waals surface area contributed by atoms with E-state index < -0.39 is 10.0 Å². The molecule has 1 saturated heterocycles. The lowest BCUT2D eigenvalue weighted by atomic mass is 10.2. The van der Waals surface area contributed by atoms with Crippen LogP contribution in [0.25, 0.3) is 0 Å². The summed E-state index contributed by atoms with van der Waals surface area (Å²) in [5.74, 6) is 0. The van der Waals surface area contributed by atoms with Crippen molar-refractivity contribution in [2.75, 3.05) is 46.4 Å². The monoisotopic (exact) mass is 326 g/mol. The number of rotatable bonds is 6. The van der Waals surface area contributed by atoms with Gasteiger partial charge >= 0.3 is 0 Å². The third kappa shape index (κ3) is 4.07. The Kier molecular flexibility index (Phi) is 5.97. The van der Waals surface area contributed by atoms with E-state index in [2.05, 4.69) is 4.90 Å². The first-order chi connectivity index (χ1) is 10.4. The van der Waals surface area contributed by atoms with Crippen LogP contribution in [0, 0.1) is 13.8 Å². The zero-order chi connectivity index (χ0) is 16.2. The van der Waals surface area contributed by atoms with Gasteiger partial charge < -0.3 is 9.64 Å². The lowest BCUT2D eigenvalue weighted by Crippen LogP contribution is -2.48. The zero-order valence-corrected chi connectivity index (χ0v) is 14.5. The van der Waals surface area contributed by atoms with Crippen molar-refractivity contribution >= 4 is 10.0 Å². The summed E-state index contributed by atoms with van der Waals surface area (Å²) in [6.45, 7) is 8.18. The van der Waals surface area contributed by atoms with E-state index in [0.717, 1.165) is 43.8 Å². The van der Waals surface area contributed by atoms with Crippen LogP contribution in [0.3, 0.4) is 0 Å². The topological polar surface area (TPSA) is 49.9 Å². The number of sulfonamides is 1. The van der Waals surface area contributed by atoms with Crippen LogP contribution in [0.1, 0.15) is 17.5 Å². The van der Waals surface area contributed by atoms with Crippen molar-refractivity contribution < 1.29 is 13.2 Å². The normalized spacial score (nSPS) is 17.8. The molecule has 1 aromatic carbocycles. The molecule has 22 heavy (non-hydrogen) atoms. The molecule has 6 heteroatoms. The number of methoxy groups -OCH3 is 1. The molecule has 0 N–H and O–H groups in total. The van der Waals surface area contributed by atoms with Crippen LogP contribution < -0.4 is 0 Å². The van der Waals surface area contributed by atoms with Gasteiger partial charge in [0.1, 0.15) is 0 Å². The fourth-order valence-electron chi connectivity index (χ4n) is 2.75. The van der Waals surface area contributed by atoms with Crippen LogP contribution in [0.4, 0.5) is 0 Å². The number of hydrogen-bond acceptors (Lipinski definition) is 4. The van der Waals surface area contributed by atoms with Crippen LogP contribution in [0.15, 0.2) is 23.1 Å². The SMILES string of the molecule is COCCCN1CCN(S(=O)(=O)c2cc(C)ccc2C)CC1. The van der Waals surface area contributed by atoms with Crippen molar-refractivity contribution in [3.8, 4) is 0 Å². The summed E-state index contributed by atoms with van der Waals surface area (Å²) in [5.41, 5.74) is 1.79. The molecule has 0 bridgehead atoms. The summed E-state index contributed by atoms with van der Waals surface area (Å²) in [6.07, 6.45) is 0.986. The average Bonchev–Trinajstić information content (AvgIpc) is 2.50. The van der Waals surface area contributed by atoms with Gasteiger partial charge in [0.15, 0.2) is 0 Å². The molecule has 0 amide bonds. The van der Waals surface area contributed by atoms with Gasteiger partial charge in [0.05, 0.1) is 4.90 Å². The molecule has 1 aliphatic heterocycles. The smallest absolute Gasteiger partial charge is 0.243 e. The van der Waals surface area contributed by atoms with Crippen molar-refractivity contribution in [3.63, 3.8) is 0 Å². The fraction of sp³-hybridized carbons (Fsp3) is 0.625. The van der Waals surface area contributed by atoms with Crippen LogP contribution in [-0.2, 0) is 14.8 Å². The molecule has 2 rings (SSSR count). The van der Waals surface area contributed by atoms with Gasteiger partial charge in [-0.05, 0) is 37.5 Å². The maximum atomic E-state index is 12.8. The highest BCUT2D eigenvalue weighted by atomic mass is 32.2. The first-order valence-corrected chi connectivity index (χ1v) is 9.18. The van der Waals surface area contributed by atoms with Gasteiger partial charge in [-0.1, -0.05) is 12.1 Å². The van der Waals surface area contributed by atoms with Gasteiger partial charge in [-0.25, -0.2) is 8.42 Å². The average molecular weight is 326 g/mol. The van der Waals surface area contributed by atoms with Gasteiger partial charge in [-0.2, -0.15) is 4.31 Å². The minimum atomic E-state index is -3.38. The van der Waals surface area contributed by atoms with Crippen molar-refractivity contribution in [3.05, 3.63) is 29.3 Å². The summed E-state index contributed by atoms with van der Waals surface area (Å²) < 4.78 is 32.3. The Balaban J connectivity index is 2.02.